The summed E-state index contributed by atoms with van der Waals surface area (Å²) in [5.41, 5.74) is 2.58. The highest BCUT2D eigenvalue weighted by atomic mass is 19.1. The number of halogens is 2. The topological polar surface area (TPSA) is 50.4 Å². The molecule has 7 heteroatoms. The second kappa shape index (κ2) is 10.5. The molecule has 3 heterocycles. The number of aromatic nitrogens is 1. The first kappa shape index (κ1) is 24.0. The molecule has 0 spiro atoms. The van der Waals surface area contributed by atoms with Crippen LogP contribution in [0, 0.1) is 11.6 Å². The van der Waals surface area contributed by atoms with Crippen molar-refractivity contribution >= 4 is 5.91 Å². The Hall–Kier alpha value is -3.71. The number of carbonyl (C=O) groups is 1. The lowest BCUT2D eigenvalue weighted by molar-refractivity contribution is 0.0903. The summed E-state index contributed by atoms with van der Waals surface area (Å²) < 4.78 is 36.4. The molecule has 2 aromatic heterocycles. The molecule has 0 saturated heterocycles. The molecule has 4 aromatic rings. The Morgan fingerprint density at radius 2 is 1.89 bits per heavy atom. The molecule has 36 heavy (non-hydrogen) atoms. The first-order valence-corrected chi connectivity index (χ1v) is 12.3. The monoisotopic (exact) mass is 489 g/mol. The van der Waals surface area contributed by atoms with E-state index in [1.165, 1.54) is 17.7 Å². The number of nitrogens with one attached hydrogen (secondary N) is 1. The van der Waals surface area contributed by atoms with Crippen LogP contribution in [-0.4, -0.2) is 28.0 Å². The maximum absolute atomic E-state index is 14.8. The first-order valence-electron chi connectivity index (χ1n) is 12.3. The molecule has 2 atom stereocenters. The lowest BCUT2D eigenvalue weighted by atomic mass is 9.99. The van der Waals surface area contributed by atoms with E-state index in [1.807, 2.05) is 43.5 Å². The normalized spacial score (nSPS) is 16.5. The zero-order valence-electron chi connectivity index (χ0n) is 20.2. The second-order valence-electron chi connectivity index (χ2n) is 9.33. The molecular weight excluding hydrogens is 460 g/mol. The number of fused-ring (bicyclic) bond motifs is 1. The molecule has 1 aliphatic heterocycles. The Morgan fingerprint density at radius 1 is 1.06 bits per heavy atom. The van der Waals surface area contributed by atoms with E-state index in [1.54, 1.807) is 12.1 Å². The van der Waals surface area contributed by atoms with Crippen molar-refractivity contribution < 1.29 is 18.0 Å². The molecule has 5 rings (SSSR count). The fourth-order valence-corrected chi connectivity index (χ4v) is 4.86. The van der Waals surface area contributed by atoms with Gasteiger partial charge in [-0.25, -0.2) is 8.78 Å². The maximum Gasteiger partial charge on any atom is 0.287 e. The van der Waals surface area contributed by atoms with Crippen molar-refractivity contribution in [2.24, 2.45) is 0 Å². The van der Waals surface area contributed by atoms with E-state index in [0.717, 1.165) is 31.1 Å². The number of hydrogen-bond donors (Lipinski definition) is 1. The maximum atomic E-state index is 14.8. The van der Waals surface area contributed by atoms with Crippen molar-refractivity contribution in [3.63, 3.8) is 0 Å². The molecule has 0 fully saturated rings. The summed E-state index contributed by atoms with van der Waals surface area (Å²) in [6.07, 6.45) is 3.67. The predicted octanol–water partition coefficient (Wildman–Crippen LogP) is 5.72. The number of amides is 1. The molecule has 0 radical (unpaired) electrons. The minimum Gasteiger partial charge on any atom is -0.455 e. The van der Waals surface area contributed by atoms with E-state index < -0.39 is 17.7 Å². The highest BCUT2D eigenvalue weighted by molar-refractivity contribution is 5.91. The van der Waals surface area contributed by atoms with Gasteiger partial charge in [0.05, 0.1) is 12.6 Å². The molecule has 2 unspecified atom stereocenters. The first-order chi connectivity index (χ1) is 17.5. The smallest absolute Gasteiger partial charge is 0.287 e. The van der Waals surface area contributed by atoms with Crippen molar-refractivity contribution in [2.45, 2.75) is 44.9 Å². The minimum absolute atomic E-state index is 0.00744. The summed E-state index contributed by atoms with van der Waals surface area (Å²) in [6.45, 7) is 3.77. The number of rotatable bonds is 8. The van der Waals surface area contributed by atoms with Gasteiger partial charge in [0.2, 0.25) is 0 Å². The summed E-state index contributed by atoms with van der Waals surface area (Å²) in [7, 11) is 0. The van der Waals surface area contributed by atoms with Crippen LogP contribution >= 0.6 is 0 Å². The average molecular weight is 490 g/mol. The molecule has 2 aromatic carbocycles. The molecular formula is C29H29F2N3O2. The van der Waals surface area contributed by atoms with E-state index >= 15 is 0 Å². The van der Waals surface area contributed by atoms with E-state index in [0.29, 0.717) is 24.4 Å². The summed E-state index contributed by atoms with van der Waals surface area (Å²) in [5, 5.41) is 3.01. The van der Waals surface area contributed by atoms with Crippen molar-refractivity contribution in [3.05, 3.63) is 119 Å². The fourth-order valence-electron chi connectivity index (χ4n) is 4.86. The van der Waals surface area contributed by atoms with Crippen molar-refractivity contribution in [2.75, 3.05) is 6.54 Å². The lowest BCUT2D eigenvalue weighted by Crippen LogP contribution is -2.38. The van der Waals surface area contributed by atoms with Crippen molar-refractivity contribution in [1.29, 1.82) is 0 Å². The third kappa shape index (κ3) is 5.26. The van der Waals surface area contributed by atoms with Gasteiger partial charge in [-0.1, -0.05) is 36.4 Å². The molecule has 0 aliphatic carbocycles. The van der Waals surface area contributed by atoms with Gasteiger partial charge in [-0.05, 0) is 55.7 Å². The van der Waals surface area contributed by atoms with Gasteiger partial charge < -0.3 is 14.3 Å². The summed E-state index contributed by atoms with van der Waals surface area (Å²) in [5.74, 6) is -0.570. The number of hydrogen-bond acceptors (Lipinski definition) is 3. The van der Waals surface area contributed by atoms with E-state index in [9.17, 15) is 13.6 Å². The van der Waals surface area contributed by atoms with E-state index in [4.69, 9.17) is 4.42 Å². The SMILES string of the molecule is CC(CCc1ccccc1)NC(=O)c1ccc(CN2CCn3cccc3C2c2ccc(F)cc2F)o1. The van der Waals surface area contributed by atoms with Crippen LogP contribution in [0.4, 0.5) is 8.78 Å². The van der Waals surface area contributed by atoms with Gasteiger partial charge in [-0.15, -0.1) is 0 Å². The van der Waals surface area contributed by atoms with Crippen LogP contribution in [0.15, 0.2) is 83.4 Å². The molecule has 186 valence electrons. The molecule has 0 saturated carbocycles. The Labute approximate surface area is 209 Å². The van der Waals surface area contributed by atoms with Gasteiger partial charge in [-0.3, -0.25) is 9.69 Å². The molecule has 1 amide bonds. The highest BCUT2D eigenvalue weighted by Gasteiger charge is 2.31. The summed E-state index contributed by atoms with van der Waals surface area (Å²) in [4.78, 5) is 14.8. The van der Waals surface area contributed by atoms with E-state index in [2.05, 4.69) is 26.9 Å². The molecule has 1 aliphatic rings. The Bertz CT molecular complexity index is 1330. The minimum atomic E-state index is -0.603. The largest absolute Gasteiger partial charge is 0.455 e. The van der Waals surface area contributed by atoms with Gasteiger partial charge in [0.25, 0.3) is 5.91 Å². The van der Waals surface area contributed by atoms with Crippen LogP contribution in [-0.2, 0) is 19.5 Å². The highest BCUT2D eigenvalue weighted by Crippen LogP contribution is 2.35. The Morgan fingerprint density at radius 3 is 2.69 bits per heavy atom. The van der Waals surface area contributed by atoms with Crippen LogP contribution < -0.4 is 5.32 Å². The molecule has 5 nitrogen and oxygen atoms in total. The zero-order valence-corrected chi connectivity index (χ0v) is 20.2. The second-order valence-corrected chi connectivity index (χ2v) is 9.33. The third-order valence-corrected chi connectivity index (χ3v) is 6.73. The van der Waals surface area contributed by atoms with E-state index in [-0.39, 0.29) is 17.7 Å². The third-order valence-electron chi connectivity index (χ3n) is 6.73. The van der Waals surface area contributed by atoms with Gasteiger partial charge >= 0.3 is 0 Å². The van der Waals surface area contributed by atoms with Crippen molar-refractivity contribution in [3.8, 4) is 0 Å². The van der Waals surface area contributed by atoms with Gasteiger partial charge in [0.15, 0.2) is 5.76 Å². The lowest BCUT2D eigenvalue weighted by Gasteiger charge is -2.37. The number of benzene rings is 2. The summed E-state index contributed by atoms with van der Waals surface area (Å²) in [6, 6.07) is 20.8. The van der Waals surface area contributed by atoms with Gasteiger partial charge in [0.1, 0.15) is 17.4 Å². The van der Waals surface area contributed by atoms with Crippen LogP contribution in [0.1, 0.15) is 52.5 Å². The van der Waals surface area contributed by atoms with Crippen molar-refractivity contribution in [1.82, 2.24) is 14.8 Å². The van der Waals surface area contributed by atoms with Crippen LogP contribution in [0.25, 0.3) is 0 Å². The number of furan rings is 1. The number of carbonyl (C=O) groups excluding carboxylic acids is 1. The molecule has 0 bridgehead atoms. The van der Waals surface area contributed by atoms with Gasteiger partial charge in [0, 0.05) is 42.7 Å². The Kier molecular flexibility index (Phi) is 7.00. The standard InChI is InChI=1S/C29H29F2N3O2/c1-20(9-10-21-6-3-2-4-7-21)32-29(35)27-14-12-23(36-27)19-34-17-16-33-15-5-8-26(33)28(34)24-13-11-22(30)18-25(24)31/h2-8,11-15,18,20,28H,9-10,16-17,19H2,1H3,(H,32,35). The zero-order chi connectivity index (χ0) is 25.1. The Balaban J connectivity index is 1.26. The van der Waals surface area contributed by atoms with Crippen LogP contribution in [0.5, 0.6) is 0 Å². The fraction of sp³-hybridized carbons (Fsp3) is 0.276. The summed E-state index contributed by atoms with van der Waals surface area (Å²) >= 11 is 0. The molecule has 1 N–H and O–H groups in total. The van der Waals surface area contributed by atoms with Crippen LogP contribution in [0.2, 0.25) is 0 Å². The van der Waals surface area contributed by atoms with Gasteiger partial charge in [-0.2, -0.15) is 0 Å². The average Bonchev–Trinajstić information content (AvgIpc) is 3.54. The number of nitrogens with zero attached hydrogens (tertiary/aromatic N) is 2. The quantitative estimate of drug-likeness (QED) is 0.345. The predicted molar refractivity (Wildman–Crippen MR) is 133 cm³/mol. The van der Waals surface area contributed by atoms with Crippen LogP contribution in [0.3, 0.4) is 0 Å². The number of aryl methyl sites for hydroxylation is 1.